The highest BCUT2D eigenvalue weighted by Gasteiger charge is 2.15. The van der Waals surface area contributed by atoms with E-state index in [9.17, 15) is 9.18 Å². The first-order valence-corrected chi connectivity index (χ1v) is 7.24. The molecule has 0 aliphatic carbocycles. The molecule has 1 N–H and O–H groups in total. The molecule has 0 radical (unpaired) electrons. The molecule has 0 fully saturated rings. The Morgan fingerprint density at radius 1 is 1.48 bits per heavy atom. The number of pyridine rings is 1. The van der Waals surface area contributed by atoms with Gasteiger partial charge in [-0.25, -0.2) is 4.98 Å². The van der Waals surface area contributed by atoms with E-state index < -0.39 is 11.9 Å². The lowest BCUT2D eigenvalue weighted by molar-refractivity contribution is 0.102. The number of amides is 1. The Morgan fingerprint density at radius 2 is 2.24 bits per heavy atom. The van der Waals surface area contributed by atoms with Gasteiger partial charge in [-0.3, -0.25) is 4.79 Å². The minimum absolute atomic E-state index is 0.0338. The number of hydrogen-bond donors (Lipinski definition) is 1. The smallest absolute Gasteiger partial charge is 0.274 e. The summed E-state index contributed by atoms with van der Waals surface area (Å²) in [6.45, 7) is 2.24. The van der Waals surface area contributed by atoms with Gasteiger partial charge in [-0.2, -0.15) is 4.39 Å². The number of nitrogens with zero attached hydrogens (tertiary/aromatic N) is 1. The molecule has 2 aromatic rings. The monoisotopic (exact) mass is 372 g/mol. The number of hydrogen-bond acceptors (Lipinski definition) is 3. The van der Waals surface area contributed by atoms with Crippen LogP contribution in [0.15, 0.2) is 34.8 Å². The Balaban J connectivity index is 2.32. The second-order valence-electron chi connectivity index (χ2n) is 4.00. The Kier molecular flexibility index (Phi) is 5.14. The van der Waals surface area contributed by atoms with Crippen molar-refractivity contribution in [2.75, 3.05) is 11.9 Å². The van der Waals surface area contributed by atoms with Gasteiger partial charge in [0.25, 0.3) is 5.91 Å². The summed E-state index contributed by atoms with van der Waals surface area (Å²) >= 11 is 9.28. The molecule has 0 bridgehead atoms. The lowest BCUT2D eigenvalue weighted by Crippen LogP contribution is -2.15. The van der Waals surface area contributed by atoms with E-state index in [1.54, 1.807) is 12.1 Å². The summed E-state index contributed by atoms with van der Waals surface area (Å²) < 4.78 is 19.1. The third kappa shape index (κ3) is 3.92. The number of halogens is 3. The van der Waals surface area contributed by atoms with E-state index in [4.69, 9.17) is 16.3 Å². The van der Waals surface area contributed by atoms with Crippen LogP contribution in [0.1, 0.15) is 17.4 Å². The van der Waals surface area contributed by atoms with Crippen LogP contribution in [0.3, 0.4) is 0 Å². The molecule has 0 atom stereocenters. The number of carbonyl (C=O) groups excluding carboxylic acids is 1. The predicted octanol–water partition coefficient (Wildman–Crippen LogP) is 4.29. The molecule has 0 aliphatic rings. The van der Waals surface area contributed by atoms with Crippen molar-refractivity contribution in [1.29, 1.82) is 0 Å². The van der Waals surface area contributed by atoms with E-state index in [2.05, 4.69) is 26.2 Å². The van der Waals surface area contributed by atoms with E-state index in [0.717, 1.165) is 0 Å². The highest BCUT2D eigenvalue weighted by molar-refractivity contribution is 9.10. The second-order valence-corrected chi connectivity index (χ2v) is 5.29. The van der Waals surface area contributed by atoms with Crippen molar-refractivity contribution >= 4 is 39.1 Å². The van der Waals surface area contributed by atoms with Crippen molar-refractivity contribution < 1.29 is 13.9 Å². The fourth-order valence-electron chi connectivity index (χ4n) is 1.67. The SMILES string of the molecule is CCOc1c(Br)cc(Cl)cc1NC(=O)c1cccc(F)n1. The molecule has 7 heteroatoms. The summed E-state index contributed by atoms with van der Waals surface area (Å²) in [5, 5.41) is 3.04. The lowest BCUT2D eigenvalue weighted by Gasteiger charge is -2.13. The van der Waals surface area contributed by atoms with Gasteiger partial charge in [-0.1, -0.05) is 17.7 Å². The lowest BCUT2D eigenvalue weighted by atomic mass is 10.2. The molecule has 1 heterocycles. The maximum atomic E-state index is 13.1. The van der Waals surface area contributed by atoms with Crippen molar-refractivity contribution in [3.8, 4) is 5.75 Å². The summed E-state index contributed by atoms with van der Waals surface area (Å²) in [6.07, 6.45) is 0. The van der Waals surface area contributed by atoms with Gasteiger partial charge >= 0.3 is 0 Å². The average molecular weight is 374 g/mol. The molecule has 0 saturated carbocycles. The third-order valence-corrected chi connectivity index (χ3v) is 3.30. The predicted molar refractivity (Wildman–Crippen MR) is 82.5 cm³/mol. The van der Waals surface area contributed by atoms with Gasteiger partial charge in [0.2, 0.25) is 5.95 Å². The standard InChI is InChI=1S/C14H11BrClFN2O2/c1-2-21-13-9(15)6-8(16)7-11(13)19-14(20)10-4-3-5-12(17)18-10/h3-7H,2H2,1H3,(H,19,20). The summed E-state index contributed by atoms with van der Waals surface area (Å²) in [5.74, 6) is -0.823. The summed E-state index contributed by atoms with van der Waals surface area (Å²) in [4.78, 5) is 15.6. The molecular formula is C14H11BrClFN2O2. The van der Waals surface area contributed by atoms with Crippen LogP contribution >= 0.6 is 27.5 Å². The van der Waals surface area contributed by atoms with Gasteiger partial charge in [0, 0.05) is 5.02 Å². The number of rotatable bonds is 4. The number of carbonyl (C=O) groups is 1. The fraction of sp³-hybridized carbons (Fsp3) is 0.143. The fourth-order valence-corrected chi connectivity index (χ4v) is 2.59. The van der Waals surface area contributed by atoms with Gasteiger partial charge < -0.3 is 10.1 Å². The quantitative estimate of drug-likeness (QED) is 0.814. The topological polar surface area (TPSA) is 51.2 Å². The highest BCUT2D eigenvalue weighted by atomic mass is 79.9. The zero-order valence-corrected chi connectivity index (χ0v) is 13.3. The molecule has 1 aromatic heterocycles. The number of ether oxygens (including phenoxy) is 1. The number of benzene rings is 1. The number of nitrogens with one attached hydrogen (secondary N) is 1. The average Bonchev–Trinajstić information content (AvgIpc) is 2.42. The Hall–Kier alpha value is -1.66. The minimum Gasteiger partial charge on any atom is -0.491 e. The molecular weight excluding hydrogens is 363 g/mol. The van der Waals surface area contributed by atoms with Crippen LogP contribution in [-0.4, -0.2) is 17.5 Å². The van der Waals surface area contributed by atoms with Crippen LogP contribution < -0.4 is 10.1 Å². The van der Waals surface area contributed by atoms with Crippen LogP contribution in [-0.2, 0) is 0 Å². The van der Waals surface area contributed by atoms with Gasteiger partial charge in [-0.05, 0) is 47.1 Å². The van der Waals surface area contributed by atoms with Gasteiger partial charge in [0.1, 0.15) is 5.69 Å². The molecule has 0 spiro atoms. The first-order valence-electron chi connectivity index (χ1n) is 6.07. The van der Waals surface area contributed by atoms with Gasteiger partial charge in [0.15, 0.2) is 5.75 Å². The van der Waals surface area contributed by atoms with E-state index in [-0.39, 0.29) is 5.69 Å². The molecule has 0 unspecified atom stereocenters. The second kappa shape index (κ2) is 6.87. The number of anilines is 1. The maximum Gasteiger partial charge on any atom is 0.274 e. The molecule has 1 aromatic carbocycles. The van der Waals surface area contributed by atoms with E-state index >= 15 is 0 Å². The molecule has 4 nitrogen and oxygen atoms in total. The zero-order chi connectivity index (χ0) is 15.4. The summed E-state index contributed by atoms with van der Waals surface area (Å²) in [6, 6.07) is 7.20. The third-order valence-electron chi connectivity index (χ3n) is 2.49. The van der Waals surface area contributed by atoms with Crippen LogP contribution in [0.25, 0.3) is 0 Å². The van der Waals surface area contributed by atoms with Crippen molar-refractivity contribution in [3.63, 3.8) is 0 Å². The van der Waals surface area contributed by atoms with E-state index in [0.29, 0.717) is 27.5 Å². The largest absolute Gasteiger partial charge is 0.491 e. The first-order chi connectivity index (χ1) is 10.0. The first kappa shape index (κ1) is 15.7. The molecule has 110 valence electrons. The van der Waals surface area contributed by atoms with Crippen molar-refractivity contribution in [2.45, 2.75) is 6.92 Å². The van der Waals surface area contributed by atoms with Crippen molar-refractivity contribution in [2.24, 2.45) is 0 Å². The Bertz CT molecular complexity index is 682. The minimum atomic E-state index is -0.722. The molecule has 2 rings (SSSR count). The molecule has 0 aliphatic heterocycles. The Labute approximate surface area is 134 Å². The molecule has 1 amide bonds. The van der Waals surface area contributed by atoms with Crippen molar-refractivity contribution in [1.82, 2.24) is 4.98 Å². The molecule has 21 heavy (non-hydrogen) atoms. The normalized spacial score (nSPS) is 10.3. The van der Waals surface area contributed by atoms with Gasteiger partial charge in [-0.15, -0.1) is 0 Å². The zero-order valence-electron chi connectivity index (χ0n) is 11.0. The maximum absolute atomic E-state index is 13.1. The van der Waals surface area contributed by atoms with Crippen LogP contribution in [0.4, 0.5) is 10.1 Å². The van der Waals surface area contributed by atoms with E-state index in [1.165, 1.54) is 18.2 Å². The number of aromatic nitrogens is 1. The Morgan fingerprint density at radius 3 is 2.90 bits per heavy atom. The van der Waals surface area contributed by atoms with Gasteiger partial charge in [0.05, 0.1) is 16.8 Å². The van der Waals surface area contributed by atoms with Crippen LogP contribution in [0.5, 0.6) is 5.75 Å². The van der Waals surface area contributed by atoms with Crippen LogP contribution in [0, 0.1) is 5.95 Å². The summed E-state index contributed by atoms with van der Waals surface area (Å²) in [5.41, 5.74) is 0.348. The highest BCUT2D eigenvalue weighted by Crippen LogP contribution is 2.36. The molecule has 0 saturated heterocycles. The summed E-state index contributed by atoms with van der Waals surface area (Å²) in [7, 11) is 0. The van der Waals surface area contributed by atoms with E-state index in [1.807, 2.05) is 6.92 Å². The van der Waals surface area contributed by atoms with Crippen LogP contribution in [0.2, 0.25) is 5.02 Å². The van der Waals surface area contributed by atoms with Crippen molar-refractivity contribution in [3.05, 3.63) is 51.5 Å².